The van der Waals surface area contributed by atoms with Crippen LogP contribution >= 0.6 is 11.6 Å². The van der Waals surface area contributed by atoms with Gasteiger partial charge in [0.25, 0.3) is 5.91 Å². The van der Waals surface area contributed by atoms with Gasteiger partial charge in [-0.15, -0.1) is 0 Å². The number of aryl methyl sites for hydroxylation is 2. The van der Waals surface area contributed by atoms with Gasteiger partial charge in [-0.2, -0.15) is 10.2 Å². The highest BCUT2D eigenvalue weighted by atomic mass is 35.5. The summed E-state index contributed by atoms with van der Waals surface area (Å²) in [6, 6.07) is 1.86. The minimum atomic E-state index is -0.216. The van der Waals surface area contributed by atoms with Crippen LogP contribution in [0.15, 0.2) is 18.5 Å². The second-order valence-corrected chi connectivity index (χ2v) is 4.55. The number of rotatable bonds is 3. The largest absolute Gasteiger partial charge is 0.334 e. The van der Waals surface area contributed by atoms with Crippen molar-refractivity contribution in [2.45, 2.75) is 6.54 Å². The maximum atomic E-state index is 12.1. The molecule has 96 valence electrons. The summed E-state index contributed by atoms with van der Waals surface area (Å²) in [7, 11) is 5.25. The molecule has 0 atom stereocenters. The third-order valence-electron chi connectivity index (χ3n) is 2.50. The molecule has 0 unspecified atom stereocenters. The molecular formula is C11H14ClN5O. The fourth-order valence-corrected chi connectivity index (χ4v) is 1.91. The Bertz CT molecular complexity index is 574. The van der Waals surface area contributed by atoms with E-state index in [0.29, 0.717) is 11.6 Å². The van der Waals surface area contributed by atoms with Crippen molar-refractivity contribution < 1.29 is 4.79 Å². The second kappa shape index (κ2) is 4.81. The summed E-state index contributed by atoms with van der Waals surface area (Å²) in [5.74, 6) is -0.216. The Kier molecular flexibility index (Phi) is 3.38. The molecule has 0 saturated carbocycles. The van der Waals surface area contributed by atoms with Gasteiger partial charge in [0.05, 0.1) is 17.3 Å². The van der Waals surface area contributed by atoms with Crippen molar-refractivity contribution in [2.24, 2.45) is 14.1 Å². The highest BCUT2D eigenvalue weighted by Gasteiger charge is 2.19. The molecule has 0 N–H and O–H groups in total. The van der Waals surface area contributed by atoms with Gasteiger partial charge in [-0.1, -0.05) is 11.6 Å². The highest BCUT2D eigenvalue weighted by molar-refractivity contribution is 6.33. The van der Waals surface area contributed by atoms with Gasteiger partial charge >= 0.3 is 0 Å². The van der Waals surface area contributed by atoms with E-state index in [-0.39, 0.29) is 11.6 Å². The number of carbonyl (C=O) groups excluding carboxylic acids is 1. The molecule has 2 aromatic heterocycles. The van der Waals surface area contributed by atoms with Crippen LogP contribution in [-0.4, -0.2) is 37.4 Å². The minimum absolute atomic E-state index is 0.216. The summed E-state index contributed by atoms with van der Waals surface area (Å²) in [5.41, 5.74) is 1.08. The van der Waals surface area contributed by atoms with E-state index in [1.165, 1.54) is 9.58 Å². The van der Waals surface area contributed by atoms with E-state index in [1.54, 1.807) is 25.0 Å². The fourth-order valence-electron chi connectivity index (χ4n) is 1.65. The average molecular weight is 268 g/mol. The number of hydrogen-bond donors (Lipinski definition) is 0. The van der Waals surface area contributed by atoms with Gasteiger partial charge in [0.15, 0.2) is 5.69 Å². The third kappa shape index (κ3) is 2.53. The molecular weight excluding hydrogens is 254 g/mol. The summed E-state index contributed by atoms with van der Waals surface area (Å²) >= 11 is 5.94. The van der Waals surface area contributed by atoms with Crippen molar-refractivity contribution in [3.05, 3.63) is 34.9 Å². The van der Waals surface area contributed by atoms with Crippen molar-refractivity contribution in [3.8, 4) is 0 Å². The van der Waals surface area contributed by atoms with Gasteiger partial charge in [-0.05, 0) is 6.07 Å². The molecule has 7 heteroatoms. The summed E-state index contributed by atoms with van der Waals surface area (Å²) in [5, 5.41) is 8.62. The van der Waals surface area contributed by atoms with Gasteiger partial charge in [0.2, 0.25) is 0 Å². The van der Waals surface area contributed by atoms with E-state index in [4.69, 9.17) is 11.6 Å². The number of amides is 1. The van der Waals surface area contributed by atoms with Crippen molar-refractivity contribution in [1.29, 1.82) is 0 Å². The van der Waals surface area contributed by atoms with Crippen LogP contribution in [0.2, 0.25) is 5.02 Å². The SMILES string of the molecule is CN(Cc1ccn(C)n1)C(=O)c1nn(C)cc1Cl. The van der Waals surface area contributed by atoms with Crippen LogP contribution in [0, 0.1) is 0 Å². The zero-order valence-electron chi connectivity index (χ0n) is 10.5. The predicted octanol–water partition coefficient (Wildman–Crippen LogP) is 1.08. The Morgan fingerprint density at radius 2 is 2.11 bits per heavy atom. The van der Waals surface area contributed by atoms with Crippen LogP contribution in [0.5, 0.6) is 0 Å². The lowest BCUT2D eigenvalue weighted by Gasteiger charge is -2.14. The lowest BCUT2D eigenvalue weighted by molar-refractivity contribution is 0.0776. The van der Waals surface area contributed by atoms with Gasteiger partial charge in [0, 0.05) is 33.5 Å². The predicted molar refractivity (Wildman–Crippen MR) is 67.2 cm³/mol. The lowest BCUT2D eigenvalue weighted by atomic mass is 10.3. The number of carbonyl (C=O) groups is 1. The first-order valence-corrected chi connectivity index (χ1v) is 5.78. The van der Waals surface area contributed by atoms with Crippen molar-refractivity contribution >= 4 is 17.5 Å². The normalized spacial score (nSPS) is 10.7. The Hall–Kier alpha value is -1.82. The first-order chi connectivity index (χ1) is 8.47. The standard InChI is InChI=1S/C11H14ClN5O/c1-15(6-8-4-5-16(2)13-8)11(18)10-9(12)7-17(3)14-10/h4-5,7H,6H2,1-3H3. The maximum Gasteiger partial charge on any atom is 0.276 e. The lowest BCUT2D eigenvalue weighted by Crippen LogP contribution is -2.27. The molecule has 0 bridgehead atoms. The monoisotopic (exact) mass is 267 g/mol. The zero-order chi connectivity index (χ0) is 13.3. The van der Waals surface area contributed by atoms with Crippen LogP contribution in [0.25, 0.3) is 0 Å². The van der Waals surface area contributed by atoms with Crippen LogP contribution in [0.3, 0.4) is 0 Å². The number of nitrogens with zero attached hydrogens (tertiary/aromatic N) is 5. The van der Waals surface area contributed by atoms with Crippen molar-refractivity contribution in [1.82, 2.24) is 24.5 Å². The number of hydrogen-bond acceptors (Lipinski definition) is 3. The van der Waals surface area contributed by atoms with E-state index < -0.39 is 0 Å². The second-order valence-electron chi connectivity index (χ2n) is 4.14. The summed E-state index contributed by atoms with van der Waals surface area (Å²) in [4.78, 5) is 13.7. The molecule has 6 nitrogen and oxygen atoms in total. The molecule has 2 aromatic rings. The number of aromatic nitrogens is 4. The van der Waals surface area contributed by atoms with Crippen LogP contribution < -0.4 is 0 Å². The van der Waals surface area contributed by atoms with E-state index >= 15 is 0 Å². The molecule has 0 aromatic carbocycles. The van der Waals surface area contributed by atoms with Crippen LogP contribution in [-0.2, 0) is 20.6 Å². The molecule has 0 aliphatic rings. The molecule has 0 fully saturated rings. The molecule has 2 heterocycles. The molecule has 0 spiro atoms. The Balaban J connectivity index is 2.11. The van der Waals surface area contributed by atoms with Gasteiger partial charge < -0.3 is 4.90 Å². The molecule has 0 aliphatic heterocycles. The van der Waals surface area contributed by atoms with E-state index in [9.17, 15) is 4.79 Å². The summed E-state index contributed by atoms with van der Waals surface area (Å²) in [6.07, 6.45) is 3.44. The highest BCUT2D eigenvalue weighted by Crippen LogP contribution is 2.15. The zero-order valence-corrected chi connectivity index (χ0v) is 11.2. The molecule has 18 heavy (non-hydrogen) atoms. The molecule has 2 rings (SSSR count). The molecule has 1 amide bonds. The summed E-state index contributed by atoms with van der Waals surface area (Å²) in [6.45, 7) is 0.423. The topological polar surface area (TPSA) is 56.0 Å². The Morgan fingerprint density at radius 1 is 1.39 bits per heavy atom. The Morgan fingerprint density at radius 3 is 2.61 bits per heavy atom. The smallest absolute Gasteiger partial charge is 0.276 e. The average Bonchev–Trinajstić information content (AvgIpc) is 2.84. The van der Waals surface area contributed by atoms with Crippen LogP contribution in [0.4, 0.5) is 0 Å². The first-order valence-electron chi connectivity index (χ1n) is 5.40. The van der Waals surface area contributed by atoms with Crippen molar-refractivity contribution in [3.63, 3.8) is 0 Å². The van der Waals surface area contributed by atoms with Crippen LogP contribution in [0.1, 0.15) is 16.2 Å². The fraction of sp³-hybridized carbons (Fsp3) is 0.364. The van der Waals surface area contributed by atoms with Gasteiger partial charge in [-0.3, -0.25) is 14.2 Å². The minimum Gasteiger partial charge on any atom is -0.334 e. The quantitative estimate of drug-likeness (QED) is 0.836. The van der Waals surface area contributed by atoms with Gasteiger partial charge in [-0.25, -0.2) is 0 Å². The van der Waals surface area contributed by atoms with Crippen molar-refractivity contribution in [2.75, 3.05) is 7.05 Å². The Labute approximate surface area is 110 Å². The summed E-state index contributed by atoms with van der Waals surface area (Å²) < 4.78 is 3.21. The van der Waals surface area contributed by atoms with Gasteiger partial charge in [0.1, 0.15) is 0 Å². The maximum absolute atomic E-state index is 12.1. The van der Waals surface area contributed by atoms with E-state index in [1.807, 2.05) is 19.3 Å². The van der Waals surface area contributed by atoms with E-state index in [2.05, 4.69) is 10.2 Å². The first kappa shape index (κ1) is 12.6. The van der Waals surface area contributed by atoms with E-state index in [0.717, 1.165) is 5.69 Å². The molecule has 0 aliphatic carbocycles. The third-order valence-corrected chi connectivity index (χ3v) is 2.78. The molecule has 0 radical (unpaired) electrons. The molecule has 0 saturated heterocycles. The number of halogens is 1.